The molecule has 0 bridgehead atoms. The molecule has 2 saturated heterocycles. The van der Waals surface area contributed by atoms with Crippen molar-refractivity contribution in [3.63, 3.8) is 0 Å². The molecule has 3 N–H and O–H groups in total. The molecular weight excluding hydrogens is 810 g/mol. The van der Waals surface area contributed by atoms with E-state index in [0.717, 1.165) is 16.1 Å². The lowest BCUT2D eigenvalue weighted by molar-refractivity contribution is -0.141. The van der Waals surface area contributed by atoms with Crippen LogP contribution in [0.1, 0.15) is 61.1 Å². The van der Waals surface area contributed by atoms with Crippen molar-refractivity contribution in [1.29, 1.82) is 0 Å². The number of aromatic hydroxyl groups is 1. The number of methoxy groups -OCH3 is 1. The minimum atomic E-state index is -1.50. The number of rotatable bonds is 11. The number of ether oxygens (including phenoxy) is 1. The van der Waals surface area contributed by atoms with Crippen LogP contribution in [-0.2, 0) is 29.4 Å². The van der Waals surface area contributed by atoms with Crippen molar-refractivity contribution in [3.05, 3.63) is 97.9 Å². The zero-order valence-corrected chi connectivity index (χ0v) is 32.4. The van der Waals surface area contributed by atoms with Gasteiger partial charge in [0.2, 0.25) is 11.8 Å². The van der Waals surface area contributed by atoms with Gasteiger partial charge in [-0.15, -0.1) is 0 Å². The summed E-state index contributed by atoms with van der Waals surface area (Å²) in [5, 5.41) is 21.1. The average Bonchev–Trinajstić information content (AvgIpc) is 3.52. The molecule has 0 spiro atoms. The van der Waals surface area contributed by atoms with Gasteiger partial charge in [-0.05, 0) is 99.7 Å². The molecule has 11 nitrogen and oxygen atoms in total. The third-order valence-electron chi connectivity index (χ3n) is 11.5. The van der Waals surface area contributed by atoms with Crippen molar-refractivity contribution in [2.45, 2.75) is 56.8 Å². The molecule has 3 aromatic rings. The number of nitrogens with zero attached hydrogens (tertiary/aromatic N) is 2. The number of benzene rings is 3. The van der Waals surface area contributed by atoms with Gasteiger partial charge in [0.15, 0.2) is 11.5 Å². The Bertz CT molecular complexity index is 2040. The highest BCUT2D eigenvalue weighted by atomic mass is 79.9. The number of halogens is 2. The smallest absolute Gasteiger partial charge is 0.303 e. The number of phenolic OH excluding ortho intramolecular Hbond substituents is 1. The average molecular weight is 850 g/mol. The number of aliphatic carboxylic acids is 1. The first kappa shape index (κ1) is 36.9. The molecule has 53 heavy (non-hydrogen) atoms. The van der Waals surface area contributed by atoms with Crippen LogP contribution in [0.25, 0.3) is 0 Å². The number of imide groups is 2. The summed E-state index contributed by atoms with van der Waals surface area (Å²) in [6.07, 6.45) is 3.90. The van der Waals surface area contributed by atoms with Crippen LogP contribution in [0.5, 0.6) is 11.5 Å². The van der Waals surface area contributed by atoms with Gasteiger partial charge in [-0.2, -0.15) is 5.01 Å². The number of fused-ring (bicyclic) bond motifs is 4. The summed E-state index contributed by atoms with van der Waals surface area (Å²) < 4.78 is 6.37. The van der Waals surface area contributed by atoms with E-state index in [9.17, 15) is 24.3 Å². The molecule has 0 aromatic heterocycles. The molecule has 2 heterocycles. The fourth-order valence-corrected chi connectivity index (χ4v) is 10.0. The van der Waals surface area contributed by atoms with Crippen LogP contribution in [0, 0.1) is 30.6 Å². The number of amides is 4. The molecule has 1 saturated carbocycles. The summed E-state index contributed by atoms with van der Waals surface area (Å²) in [4.78, 5) is 70.8. The van der Waals surface area contributed by atoms with E-state index in [4.69, 9.17) is 9.84 Å². The second kappa shape index (κ2) is 14.4. The Balaban J connectivity index is 1.39. The zero-order valence-electron chi connectivity index (χ0n) is 29.2. The first-order chi connectivity index (χ1) is 25.4. The maximum atomic E-state index is 15.4. The predicted molar refractivity (Wildman–Crippen MR) is 202 cm³/mol. The van der Waals surface area contributed by atoms with Crippen molar-refractivity contribution in [2.75, 3.05) is 19.1 Å². The lowest BCUT2D eigenvalue weighted by Gasteiger charge is -2.51. The number of phenols is 1. The van der Waals surface area contributed by atoms with E-state index in [-0.39, 0.29) is 49.1 Å². The standard InChI is InChI=1S/C40H39Br2N3O8/c1-21-12-14-23(15-13-21)43-45-37(50)28-19-26-24(16-17-25-31(26)38(51)44(36(25)49)18-8-4-7-11-30(46)47)32(27-20-29(53-2)35(48)34(42)33(27)41)40(28,39(45)52)22-9-5-3-6-10-22/h3,5-6,9-10,12-16,20,25-26,28,31-32,43,48H,4,7-8,11,17-19H2,1-2H3,(H,46,47)/t25-,26+,28-,31-,32+,40+/m0/s1. The molecule has 2 aliphatic heterocycles. The Morgan fingerprint density at radius 2 is 1.66 bits per heavy atom. The van der Waals surface area contributed by atoms with Crippen LogP contribution in [0.2, 0.25) is 0 Å². The summed E-state index contributed by atoms with van der Waals surface area (Å²) in [6.45, 7) is 2.13. The van der Waals surface area contributed by atoms with Gasteiger partial charge in [0.1, 0.15) is 0 Å². The van der Waals surface area contributed by atoms with Crippen LogP contribution in [0.15, 0.2) is 81.3 Å². The fourth-order valence-electron chi connectivity index (χ4n) is 9.08. The highest BCUT2D eigenvalue weighted by Gasteiger charge is 2.70. The van der Waals surface area contributed by atoms with Crippen LogP contribution in [-0.4, -0.2) is 63.4 Å². The summed E-state index contributed by atoms with van der Waals surface area (Å²) in [6, 6.07) is 18.3. The van der Waals surface area contributed by atoms with Crippen LogP contribution in [0.4, 0.5) is 5.69 Å². The van der Waals surface area contributed by atoms with Crippen molar-refractivity contribution in [2.24, 2.45) is 23.7 Å². The Kier molecular flexibility index (Phi) is 10.0. The second-order valence-corrected chi connectivity index (χ2v) is 15.9. The number of aryl methyl sites for hydroxylation is 1. The number of carboxylic acid groups (broad SMARTS) is 1. The van der Waals surface area contributed by atoms with Gasteiger partial charge >= 0.3 is 5.97 Å². The van der Waals surface area contributed by atoms with Crippen LogP contribution < -0.4 is 10.2 Å². The van der Waals surface area contributed by atoms with Gasteiger partial charge in [-0.1, -0.05) is 66.1 Å². The van der Waals surface area contributed by atoms with E-state index in [1.807, 2.05) is 55.5 Å². The monoisotopic (exact) mass is 847 g/mol. The van der Waals surface area contributed by atoms with E-state index in [2.05, 4.69) is 37.3 Å². The molecule has 7 rings (SSSR count). The molecule has 276 valence electrons. The third kappa shape index (κ3) is 5.96. The second-order valence-electron chi connectivity index (χ2n) is 14.3. The topological polar surface area (TPSA) is 154 Å². The number of hydrogen-bond donors (Lipinski definition) is 3. The summed E-state index contributed by atoms with van der Waals surface area (Å²) in [5.41, 5.74) is 5.13. The number of hydrogen-bond acceptors (Lipinski definition) is 8. The van der Waals surface area contributed by atoms with Crippen LogP contribution in [0.3, 0.4) is 0 Å². The van der Waals surface area contributed by atoms with E-state index in [0.29, 0.717) is 45.0 Å². The van der Waals surface area contributed by atoms with Gasteiger partial charge in [0.25, 0.3) is 11.8 Å². The van der Waals surface area contributed by atoms with E-state index in [1.54, 1.807) is 18.2 Å². The molecule has 6 atom stereocenters. The van der Waals surface area contributed by atoms with Crippen molar-refractivity contribution in [3.8, 4) is 11.5 Å². The molecule has 3 aromatic carbocycles. The summed E-state index contributed by atoms with van der Waals surface area (Å²) in [5.74, 6) is -6.08. The summed E-state index contributed by atoms with van der Waals surface area (Å²) >= 11 is 7.22. The maximum Gasteiger partial charge on any atom is 0.303 e. The number of carbonyl (C=O) groups is 5. The number of anilines is 1. The number of nitrogens with one attached hydrogen (secondary N) is 1. The van der Waals surface area contributed by atoms with E-state index >= 15 is 4.79 Å². The minimum absolute atomic E-state index is 0.0185. The van der Waals surface area contributed by atoms with Gasteiger partial charge in [0.05, 0.1) is 40.4 Å². The molecule has 4 aliphatic rings. The van der Waals surface area contributed by atoms with E-state index in [1.165, 1.54) is 12.0 Å². The maximum absolute atomic E-state index is 15.4. The van der Waals surface area contributed by atoms with Crippen molar-refractivity contribution >= 4 is 67.1 Å². The van der Waals surface area contributed by atoms with Crippen molar-refractivity contribution in [1.82, 2.24) is 9.91 Å². The Morgan fingerprint density at radius 1 is 0.943 bits per heavy atom. The summed E-state index contributed by atoms with van der Waals surface area (Å²) in [7, 11) is 1.43. The fraction of sp³-hybridized carbons (Fsp3) is 0.375. The Morgan fingerprint density at radius 3 is 2.34 bits per heavy atom. The SMILES string of the molecule is COc1cc([C@H]2C3=CC[C@@H]4C(=O)N(CCCCCC(=O)O)C(=O)[C@@H]4[C@@H]3C[C@H]3C(=O)N(Nc4ccc(C)cc4)C(=O)[C@@]23c2ccccc2)c(Br)c(Br)c1O. The number of hydrazine groups is 1. The highest BCUT2D eigenvalue weighted by molar-refractivity contribution is 9.13. The van der Waals surface area contributed by atoms with E-state index < -0.39 is 52.8 Å². The molecule has 3 fully saturated rings. The number of carbonyl (C=O) groups excluding carboxylic acids is 4. The van der Waals surface area contributed by atoms with Gasteiger partial charge in [0, 0.05) is 23.4 Å². The first-order valence-electron chi connectivity index (χ1n) is 17.7. The number of likely N-dealkylation sites (tertiary alicyclic amines) is 1. The Hall–Kier alpha value is -4.49. The van der Waals surface area contributed by atoms with Gasteiger partial charge in [-0.25, -0.2) is 0 Å². The van der Waals surface area contributed by atoms with Gasteiger partial charge < -0.3 is 14.9 Å². The largest absolute Gasteiger partial charge is 0.503 e. The molecule has 4 amide bonds. The molecule has 2 aliphatic carbocycles. The molecule has 13 heteroatoms. The molecular formula is C40H39Br2N3O8. The molecule has 0 radical (unpaired) electrons. The minimum Gasteiger partial charge on any atom is -0.503 e. The van der Waals surface area contributed by atoms with Gasteiger partial charge in [-0.3, -0.25) is 34.3 Å². The highest BCUT2D eigenvalue weighted by Crippen LogP contribution is 2.65. The van der Waals surface area contributed by atoms with Crippen LogP contribution >= 0.6 is 31.9 Å². The zero-order chi connectivity index (χ0) is 37.8. The first-order valence-corrected chi connectivity index (χ1v) is 19.3. The Labute approximate surface area is 323 Å². The number of carboxylic acids is 1. The lowest BCUT2D eigenvalue weighted by Crippen LogP contribution is -2.53. The lowest BCUT2D eigenvalue weighted by atomic mass is 9.49. The number of allylic oxidation sites excluding steroid dienone is 2. The molecule has 0 unspecified atom stereocenters. The predicted octanol–water partition coefficient (Wildman–Crippen LogP) is 6.86. The normalized spacial score (nSPS) is 26.3. The van der Waals surface area contributed by atoms with Crippen molar-refractivity contribution < 1.29 is 38.9 Å². The number of unbranched alkanes of at least 4 members (excludes halogenated alkanes) is 2. The third-order valence-corrected chi connectivity index (χ3v) is 13.6. The quantitative estimate of drug-likeness (QED) is 0.107.